The summed E-state index contributed by atoms with van der Waals surface area (Å²) in [5.41, 5.74) is 6.85. The molecule has 0 unspecified atom stereocenters. The smallest absolute Gasteiger partial charge is 0.193 e. The van der Waals surface area contributed by atoms with E-state index in [4.69, 9.17) is 10.5 Å². The van der Waals surface area contributed by atoms with Gasteiger partial charge in [-0.1, -0.05) is 0 Å². The second-order valence-electron chi connectivity index (χ2n) is 6.26. The van der Waals surface area contributed by atoms with Gasteiger partial charge in [0.1, 0.15) is 5.75 Å². The Labute approximate surface area is 151 Å². The number of rotatable bonds is 6. The first-order valence-electron chi connectivity index (χ1n) is 7.35. The predicted molar refractivity (Wildman–Crippen MR) is 105 cm³/mol. The second-order valence-corrected chi connectivity index (χ2v) is 6.26. The molecule has 126 valence electrons. The molecule has 22 heavy (non-hydrogen) atoms. The first-order valence-corrected chi connectivity index (χ1v) is 7.35. The van der Waals surface area contributed by atoms with Crippen molar-refractivity contribution in [3.8, 4) is 5.75 Å². The Bertz CT molecular complexity index is 452. The van der Waals surface area contributed by atoms with Crippen LogP contribution in [0, 0.1) is 0 Å². The van der Waals surface area contributed by atoms with Gasteiger partial charge in [-0.3, -0.25) is 4.99 Å². The molecule has 1 aromatic rings. The molecule has 0 bridgehead atoms. The van der Waals surface area contributed by atoms with Gasteiger partial charge in [-0.15, -0.1) is 24.0 Å². The van der Waals surface area contributed by atoms with E-state index < -0.39 is 0 Å². The lowest BCUT2D eigenvalue weighted by Gasteiger charge is -2.19. The van der Waals surface area contributed by atoms with Gasteiger partial charge in [0.25, 0.3) is 0 Å². The van der Waals surface area contributed by atoms with Crippen LogP contribution in [0.15, 0.2) is 29.3 Å². The van der Waals surface area contributed by atoms with Crippen molar-refractivity contribution in [1.82, 2.24) is 5.32 Å². The maximum absolute atomic E-state index is 5.85. The summed E-state index contributed by atoms with van der Waals surface area (Å²) in [5.74, 6) is 1.27. The molecule has 1 aromatic carbocycles. The lowest BCUT2D eigenvalue weighted by molar-refractivity contribution is 0.242. The summed E-state index contributed by atoms with van der Waals surface area (Å²) in [6.07, 6.45) is 0.172. The maximum atomic E-state index is 5.85. The molecule has 5 nitrogen and oxygen atoms in total. The topological polar surface area (TPSA) is 71.7 Å². The van der Waals surface area contributed by atoms with Crippen LogP contribution in [0.3, 0.4) is 0 Å². The molecule has 0 saturated carbocycles. The molecule has 0 heterocycles. The fourth-order valence-electron chi connectivity index (χ4n) is 1.68. The Kier molecular flexibility index (Phi) is 9.43. The summed E-state index contributed by atoms with van der Waals surface area (Å²) in [4.78, 5) is 4.28. The largest absolute Gasteiger partial charge is 0.491 e. The van der Waals surface area contributed by atoms with Crippen molar-refractivity contribution < 1.29 is 4.74 Å². The minimum atomic E-state index is 0. The van der Waals surface area contributed by atoms with Gasteiger partial charge in [-0.25, -0.2) is 0 Å². The van der Waals surface area contributed by atoms with Gasteiger partial charge in [0.2, 0.25) is 0 Å². The van der Waals surface area contributed by atoms with Gasteiger partial charge < -0.3 is 21.1 Å². The average molecular weight is 420 g/mol. The average Bonchev–Trinajstić information content (AvgIpc) is 2.35. The summed E-state index contributed by atoms with van der Waals surface area (Å²) in [7, 11) is 0. The fraction of sp³-hybridized carbons (Fsp3) is 0.562. The van der Waals surface area contributed by atoms with E-state index in [-0.39, 0.29) is 35.6 Å². The van der Waals surface area contributed by atoms with Crippen molar-refractivity contribution in [3.63, 3.8) is 0 Å². The van der Waals surface area contributed by atoms with Gasteiger partial charge in [0.05, 0.1) is 12.6 Å². The van der Waals surface area contributed by atoms with E-state index in [1.807, 2.05) is 38.1 Å². The van der Waals surface area contributed by atoms with Crippen LogP contribution in [-0.4, -0.2) is 30.7 Å². The van der Waals surface area contributed by atoms with E-state index in [1.165, 1.54) is 0 Å². The second kappa shape index (κ2) is 9.89. The Morgan fingerprint density at radius 2 is 1.82 bits per heavy atom. The van der Waals surface area contributed by atoms with Crippen molar-refractivity contribution in [2.75, 3.05) is 18.4 Å². The first-order chi connectivity index (χ1) is 9.76. The number of nitrogens with zero attached hydrogens (tertiary/aromatic N) is 1. The number of benzene rings is 1. The normalized spacial score (nSPS) is 12.0. The zero-order valence-corrected chi connectivity index (χ0v) is 16.5. The highest BCUT2D eigenvalue weighted by Gasteiger charge is 2.06. The number of nitrogens with two attached hydrogens (primary N) is 1. The van der Waals surface area contributed by atoms with Crippen LogP contribution in [0.5, 0.6) is 5.75 Å². The third-order valence-corrected chi connectivity index (χ3v) is 2.55. The van der Waals surface area contributed by atoms with Crippen molar-refractivity contribution in [2.24, 2.45) is 10.7 Å². The maximum Gasteiger partial charge on any atom is 0.193 e. The first kappa shape index (κ1) is 21.0. The van der Waals surface area contributed by atoms with Crippen LogP contribution in [-0.2, 0) is 0 Å². The Balaban J connectivity index is 0.00000441. The molecular formula is C16H29IN4O. The number of anilines is 1. The highest BCUT2D eigenvalue weighted by atomic mass is 127. The fourth-order valence-corrected chi connectivity index (χ4v) is 1.68. The zero-order chi connectivity index (χ0) is 15.9. The van der Waals surface area contributed by atoms with Crippen molar-refractivity contribution in [3.05, 3.63) is 24.3 Å². The molecular weight excluding hydrogens is 391 g/mol. The number of guanidine groups is 1. The molecule has 0 aliphatic carbocycles. The van der Waals surface area contributed by atoms with Crippen LogP contribution in [0.1, 0.15) is 34.6 Å². The van der Waals surface area contributed by atoms with Gasteiger partial charge in [0, 0.05) is 17.8 Å². The number of halogens is 1. The molecule has 4 N–H and O–H groups in total. The molecule has 0 atom stereocenters. The molecule has 0 aromatic heterocycles. The highest BCUT2D eigenvalue weighted by Crippen LogP contribution is 2.16. The van der Waals surface area contributed by atoms with Crippen LogP contribution >= 0.6 is 24.0 Å². The number of nitrogens with one attached hydrogen (secondary N) is 2. The van der Waals surface area contributed by atoms with E-state index in [1.54, 1.807) is 0 Å². The van der Waals surface area contributed by atoms with Gasteiger partial charge in [-0.05, 0) is 58.9 Å². The van der Waals surface area contributed by atoms with Gasteiger partial charge in [0.15, 0.2) is 5.96 Å². The zero-order valence-electron chi connectivity index (χ0n) is 14.1. The van der Waals surface area contributed by atoms with Crippen LogP contribution < -0.4 is 21.1 Å². The SMILES string of the molecule is CC(C)Oc1ccc(NC(N)=NCCNC(C)(C)C)cc1.I. The molecule has 6 heteroatoms. The molecule has 0 spiro atoms. The molecule has 0 saturated heterocycles. The van der Waals surface area contributed by atoms with Crippen molar-refractivity contribution in [1.29, 1.82) is 0 Å². The summed E-state index contributed by atoms with van der Waals surface area (Å²) in [6, 6.07) is 7.68. The lowest BCUT2D eigenvalue weighted by atomic mass is 10.1. The predicted octanol–water partition coefficient (Wildman–Crippen LogP) is 3.21. The summed E-state index contributed by atoms with van der Waals surface area (Å²) < 4.78 is 5.59. The third kappa shape index (κ3) is 9.83. The van der Waals surface area contributed by atoms with Crippen molar-refractivity contribution >= 4 is 35.6 Å². The monoisotopic (exact) mass is 420 g/mol. The minimum Gasteiger partial charge on any atom is -0.491 e. The molecule has 0 amide bonds. The van der Waals surface area contributed by atoms with E-state index in [0.29, 0.717) is 12.5 Å². The number of hydrogen-bond donors (Lipinski definition) is 3. The van der Waals surface area contributed by atoms with Crippen LogP contribution in [0.4, 0.5) is 5.69 Å². The number of ether oxygens (including phenoxy) is 1. The highest BCUT2D eigenvalue weighted by molar-refractivity contribution is 14.0. The Morgan fingerprint density at radius 1 is 1.23 bits per heavy atom. The van der Waals surface area contributed by atoms with E-state index >= 15 is 0 Å². The lowest BCUT2D eigenvalue weighted by Crippen LogP contribution is -2.37. The molecule has 0 aliphatic rings. The molecule has 0 aliphatic heterocycles. The Hall–Kier alpha value is -1.02. The molecule has 0 radical (unpaired) electrons. The quantitative estimate of drug-likeness (QED) is 0.286. The molecule has 0 fully saturated rings. The third-order valence-electron chi connectivity index (χ3n) is 2.55. The van der Waals surface area contributed by atoms with Crippen LogP contribution in [0.25, 0.3) is 0 Å². The molecule has 1 rings (SSSR count). The standard InChI is InChI=1S/C16H28N4O.HI/c1-12(2)21-14-8-6-13(7-9-14)20-15(17)18-10-11-19-16(3,4)5;/h6-9,12,19H,10-11H2,1-5H3,(H3,17,18,20);1H. The van der Waals surface area contributed by atoms with Gasteiger partial charge >= 0.3 is 0 Å². The van der Waals surface area contributed by atoms with E-state index in [0.717, 1.165) is 18.0 Å². The summed E-state index contributed by atoms with van der Waals surface area (Å²) in [6.45, 7) is 11.8. The minimum absolute atomic E-state index is 0. The number of aliphatic imine (C=N–C) groups is 1. The van der Waals surface area contributed by atoms with E-state index in [2.05, 4.69) is 36.4 Å². The number of hydrogen-bond acceptors (Lipinski definition) is 3. The van der Waals surface area contributed by atoms with Crippen LogP contribution in [0.2, 0.25) is 0 Å². The Morgan fingerprint density at radius 3 is 2.32 bits per heavy atom. The van der Waals surface area contributed by atoms with Crippen molar-refractivity contribution in [2.45, 2.75) is 46.3 Å². The van der Waals surface area contributed by atoms with E-state index in [9.17, 15) is 0 Å². The summed E-state index contributed by atoms with van der Waals surface area (Å²) in [5, 5.41) is 6.42. The van der Waals surface area contributed by atoms with Gasteiger partial charge in [-0.2, -0.15) is 0 Å². The summed E-state index contributed by atoms with van der Waals surface area (Å²) >= 11 is 0.